The summed E-state index contributed by atoms with van der Waals surface area (Å²) in [6, 6.07) is 22.8. The molecule has 0 aromatic heterocycles. The molecule has 0 aliphatic carbocycles. The lowest BCUT2D eigenvalue weighted by Gasteiger charge is -2.12. The molecular weight excluding hydrogens is 496 g/mol. The number of carbonyl (C=O) groups excluding carboxylic acids is 2. The summed E-state index contributed by atoms with van der Waals surface area (Å²) in [4.78, 5) is 25.7. The summed E-state index contributed by atoms with van der Waals surface area (Å²) >= 11 is 0. The maximum atomic E-state index is 13.0. The molecule has 0 aliphatic rings. The van der Waals surface area contributed by atoms with Crippen molar-refractivity contribution in [3.05, 3.63) is 95.6 Å². The van der Waals surface area contributed by atoms with Crippen molar-refractivity contribution in [3.63, 3.8) is 0 Å². The van der Waals surface area contributed by atoms with Crippen LogP contribution in [0.15, 0.2) is 84.0 Å². The Bertz CT molecular complexity index is 1480. The predicted octanol–water partition coefficient (Wildman–Crippen LogP) is 6.02. The first-order valence-electron chi connectivity index (χ1n) is 12.6. The van der Waals surface area contributed by atoms with Crippen molar-refractivity contribution in [2.45, 2.75) is 19.8 Å². The van der Waals surface area contributed by atoms with Crippen LogP contribution in [0.4, 0.5) is 0 Å². The monoisotopic (exact) mass is 526 g/mol. The van der Waals surface area contributed by atoms with Crippen LogP contribution in [0.25, 0.3) is 10.8 Å². The number of methoxy groups -OCH3 is 2. The van der Waals surface area contributed by atoms with Crippen molar-refractivity contribution in [1.29, 1.82) is 0 Å². The minimum absolute atomic E-state index is 0.291. The van der Waals surface area contributed by atoms with E-state index >= 15 is 0 Å². The Kier molecular flexibility index (Phi) is 9.13. The molecule has 0 saturated carbocycles. The molecular formula is C31H30N2O6. The first-order valence-corrected chi connectivity index (χ1v) is 12.6. The van der Waals surface area contributed by atoms with E-state index < -0.39 is 5.97 Å². The highest BCUT2D eigenvalue weighted by Crippen LogP contribution is 2.30. The smallest absolute Gasteiger partial charge is 0.343 e. The number of nitrogens with zero attached hydrogens (tertiary/aromatic N) is 1. The molecule has 0 bridgehead atoms. The lowest BCUT2D eigenvalue weighted by atomic mass is 10.0. The van der Waals surface area contributed by atoms with E-state index in [4.69, 9.17) is 18.9 Å². The van der Waals surface area contributed by atoms with Gasteiger partial charge in [0.2, 0.25) is 0 Å². The average Bonchev–Trinajstić information content (AvgIpc) is 2.98. The molecule has 8 heteroatoms. The van der Waals surface area contributed by atoms with E-state index in [1.165, 1.54) is 20.4 Å². The molecule has 4 aromatic rings. The standard InChI is InChI=1S/C31H30N2O6/c1-4-5-18-38-24-14-10-22(11-15-24)30(34)33-32-20-26-25-9-7-6-8-21(25)12-16-27(26)39-31(35)23-13-17-28(36-2)29(19-23)37-3/h6-17,19-20H,4-5,18H2,1-3H3,(H,33,34)/b32-20-. The van der Waals surface area contributed by atoms with Gasteiger partial charge in [-0.15, -0.1) is 0 Å². The number of hydrogen-bond donors (Lipinski definition) is 1. The van der Waals surface area contributed by atoms with Crippen molar-refractivity contribution in [2.24, 2.45) is 5.10 Å². The van der Waals surface area contributed by atoms with E-state index in [1.807, 2.05) is 30.3 Å². The SMILES string of the molecule is CCCCOc1ccc(C(=O)N/N=C\c2c(OC(=O)c3ccc(OC)c(OC)c3)ccc3ccccc23)cc1. The van der Waals surface area contributed by atoms with E-state index in [2.05, 4.69) is 17.5 Å². The minimum Gasteiger partial charge on any atom is -0.494 e. The lowest BCUT2D eigenvalue weighted by Crippen LogP contribution is -2.17. The molecule has 8 nitrogen and oxygen atoms in total. The summed E-state index contributed by atoms with van der Waals surface area (Å²) in [6.45, 7) is 2.73. The largest absolute Gasteiger partial charge is 0.494 e. The van der Waals surface area contributed by atoms with Crippen LogP contribution >= 0.6 is 0 Å². The zero-order chi connectivity index (χ0) is 27.6. The van der Waals surface area contributed by atoms with Gasteiger partial charge in [0.05, 0.1) is 32.6 Å². The second-order valence-electron chi connectivity index (χ2n) is 8.58. The zero-order valence-electron chi connectivity index (χ0n) is 22.1. The Hall–Kier alpha value is -4.85. The first-order chi connectivity index (χ1) is 19.0. The number of ether oxygens (including phenoxy) is 4. The van der Waals surface area contributed by atoms with Gasteiger partial charge < -0.3 is 18.9 Å². The van der Waals surface area contributed by atoms with Gasteiger partial charge in [0, 0.05) is 11.1 Å². The number of unbranched alkanes of at least 4 members (excludes halogenated alkanes) is 1. The third-order valence-corrected chi connectivity index (χ3v) is 6.00. The Labute approximate surface area is 227 Å². The third kappa shape index (κ3) is 6.73. The quantitative estimate of drug-likeness (QED) is 0.0844. The summed E-state index contributed by atoms with van der Waals surface area (Å²) in [6.07, 6.45) is 3.49. The third-order valence-electron chi connectivity index (χ3n) is 6.00. The molecule has 1 amide bonds. The van der Waals surface area contributed by atoms with E-state index in [1.54, 1.807) is 48.5 Å². The van der Waals surface area contributed by atoms with Crippen molar-refractivity contribution in [1.82, 2.24) is 5.43 Å². The average molecular weight is 527 g/mol. The number of rotatable bonds is 11. The van der Waals surface area contributed by atoms with Gasteiger partial charge in [-0.3, -0.25) is 4.79 Å². The molecule has 200 valence electrons. The molecule has 39 heavy (non-hydrogen) atoms. The van der Waals surface area contributed by atoms with E-state index in [-0.39, 0.29) is 5.91 Å². The highest BCUT2D eigenvalue weighted by molar-refractivity contribution is 6.04. The van der Waals surface area contributed by atoms with Crippen LogP contribution in [0, 0.1) is 0 Å². The Balaban J connectivity index is 1.53. The van der Waals surface area contributed by atoms with Gasteiger partial charge in [0.1, 0.15) is 11.5 Å². The molecule has 1 N–H and O–H groups in total. The second-order valence-corrected chi connectivity index (χ2v) is 8.58. The summed E-state index contributed by atoms with van der Waals surface area (Å²) in [7, 11) is 3.02. The van der Waals surface area contributed by atoms with Crippen molar-refractivity contribution < 1.29 is 28.5 Å². The number of hydrogen-bond acceptors (Lipinski definition) is 7. The molecule has 0 radical (unpaired) electrons. The van der Waals surface area contributed by atoms with Crippen molar-refractivity contribution in [2.75, 3.05) is 20.8 Å². The number of esters is 1. The van der Waals surface area contributed by atoms with Gasteiger partial charge in [-0.25, -0.2) is 10.2 Å². The number of carbonyl (C=O) groups is 2. The summed E-state index contributed by atoms with van der Waals surface area (Å²) in [5.74, 6) is 0.958. The maximum absolute atomic E-state index is 13.0. The van der Waals surface area contributed by atoms with E-state index in [0.717, 1.165) is 23.6 Å². The van der Waals surface area contributed by atoms with Gasteiger partial charge in [-0.1, -0.05) is 43.7 Å². The molecule has 0 unspecified atom stereocenters. The summed E-state index contributed by atoms with van der Waals surface area (Å²) in [5, 5.41) is 5.89. The van der Waals surface area contributed by atoms with Crippen LogP contribution in [0.5, 0.6) is 23.0 Å². The Morgan fingerprint density at radius 1 is 0.846 bits per heavy atom. The molecule has 4 aromatic carbocycles. The Morgan fingerprint density at radius 2 is 1.56 bits per heavy atom. The number of benzene rings is 4. The molecule has 0 spiro atoms. The number of nitrogens with one attached hydrogen (secondary N) is 1. The van der Waals surface area contributed by atoms with Gasteiger partial charge in [-0.2, -0.15) is 5.10 Å². The summed E-state index contributed by atoms with van der Waals surface area (Å²) in [5.41, 5.74) is 3.81. The second kappa shape index (κ2) is 13.1. The van der Waals surface area contributed by atoms with Crippen LogP contribution in [0.2, 0.25) is 0 Å². The lowest BCUT2D eigenvalue weighted by molar-refractivity contribution is 0.0734. The molecule has 0 atom stereocenters. The number of amides is 1. The highest BCUT2D eigenvalue weighted by Gasteiger charge is 2.16. The van der Waals surface area contributed by atoms with Gasteiger partial charge in [0.15, 0.2) is 11.5 Å². The minimum atomic E-state index is -0.578. The Morgan fingerprint density at radius 3 is 2.31 bits per heavy atom. The fourth-order valence-electron chi connectivity index (χ4n) is 3.88. The predicted molar refractivity (Wildman–Crippen MR) is 150 cm³/mol. The van der Waals surface area contributed by atoms with Crippen molar-refractivity contribution in [3.8, 4) is 23.0 Å². The fraction of sp³-hybridized carbons (Fsp3) is 0.194. The zero-order valence-corrected chi connectivity index (χ0v) is 22.1. The van der Waals surface area contributed by atoms with Crippen LogP contribution in [0.3, 0.4) is 0 Å². The van der Waals surface area contributed by atoms with Crippen LogP contribution in [-0.4, -0.2) is 38.9 Å². The van der Waals surface area contributed by atoms with Gasteiger partial charge >= 0.3 is 5.97 Å². The molecule has 0 aliphatic heterocycles. The number of fused-ring (bicyclic) bond motifs is 1. The molecule has 0 saturated heterocycles. The first kappa shape index (κ1) is 27.2. The van der Waals surface area contributed by atoms with Crippen LogP contribution in [-0.2, 0) is 0 Å². The van der Waals surface area contributed by atoms with Crippen LogP contribution < -0.4 is 24.4 Å². The molecule has 0 fully saturated rings. The van der Waals surface area contributed by atoms with Gasteiger partial charge in [0.25, 0.3) is 5.91 Å². The van der Waals surface area contributed by atoms with Crippen molar-refractivity contribution >= 4 is 28.9 Å². The van der Waals surface area contributed by atoms with Crippen LogP contribution in [0.1, 0.15) is 46.0 Å². The summed E-state index contributed by atoms with van der Waals surface area (Å²) < 4.78 is 21.9. The number of hydrazone groups is 1. The molecule has 0 heterocycles. The highest BCUT2D eigenvalue weighted by atomic mass is 16.5. The maximum Gasteiger partial charge on any atom is 0.343 e. The van der Waals surface area contributed by atoms with Gasteiger partial charge in [-0.05, 0) is 65.7 Å². The normalized spacial score (nSPS) is 10.8. The molecule has 4 rings (SSSR count). The fourth-order valence-corrected chi connectivity index (χ4v) is 3.88. The van der Waals surface area contributed by atoms with E-state index in [9.17, 15) is 9.59 Å². The van der Waals surface area contributed by atoms with E-state index in [0.29, 0.717) is 46.3 Å². The topological polar surface area (TPSA) is 95.5 Å².